The van der Waals surface area contributed by atoms with Gasteiger partial charge in [0.2, 0.25) is 5.91 Å². The molecule has 1 N–H and O–H groups in total. The van der Waals surface area contributed by atoms with Crippen molar-refractivity contribution in [1.29, 1.82) is 0 Å². The number of nitrogens with one attached hydrogen (secondary N) is 1. The van der Waals surface area contributed by atoms with E-state index < -0.39 is 0 Å². The summed E-state index contributed by atoms with van der Waals surface area (Å²) in [5.74, 6) is 0.895. The average molecular weight is 248 g/mol. The van der Waals surface area contributed by atoms with E-state index in [-0.39, 0.29) is 11.9 Å². The summed E-state index contributed by atoms with van der Waals surface area (Å²) in [7, 11) is 3.44. The van der Waals surface area contributed by atoms with Gasteiger partial charge in [0.05, 0.1) is 13.2 Å². The lowest BCUT2D eigenvalue weighted by atomic mass is 10.0. The first-order chi connectivity index (χ1) is 8.72. The molecule has 0 spiro atoms. The van der Waals surface area contributed by atoms with Gasteiger partial charge in [-0.15, -0.1) is 0 Å². The predicted molar refractivity (Wildman–Crippen MR) is 72.0 cm³/mol. The van der Waals surface area contributed by atoms with Gasteiger partial charge in [0.1, 0.15) is 5.75 Å². The topological polar surface area (TPSA) is 41.6 Å². The summed E-state index contributed by atoms with van der Waals surface area (Å²) in [6.45, 7) is 0.933. The summed E-state index contributed by atoms with van der Waals surface area (Å²) in [5, 5.41) is 3.28. The molecular weight excluding hydrogens is 228 g/mol. The van der Waals surface area contributed by atoms with Gasteiger partial charge >= 0.3 is 0 Å². The summed E-state index contributed by atoms with van der Waals surface area (Å²) in [6, 6.07) is 7.52. The van der Waals surface area contributed by atoms with E-state index in [1.807, 2.05) is 31.3 Å². The van der Waals surface area contributed by atoms with Crippen molar-refractivity contribution in [2.45, 2.75) is 25.3 Å². The van der Waals surface area contributed by atoms with Crippen LogP contribution in [-0.4, -0.2) is 32.7 Å². The van der Waals surface area contributed by atoms with Crippen LogP contribution in [0.4, 0.5) is 5.69 Å². The summed E-state index contributed by atoms with van der Waals surface area (Å²) < 4.78 is 5.18. The van der Waals surface area contributed by atoms with Gasteiger partial charge in [-0.3, -0.25) is 4.79 Å². The molecule has 1 heterocycles. The van der Waals surface area contributed by atoms with E-state index in [0.29, 0.717) is 0 Å². The molecule has 0 bridgehead atoms. The minimum absolute atomic E-state index is 0.0463. The quantitative estimate of drug-likeness (QED) is 0.887. The maximum absolute atomic E-state index is 12.3. The Hall–Kier alpha value is -1.55. The highest BCUT2D eigenvalue weighted by Gasteiger charge is 2.24. The molecule has 0 aromatic heterocycles. The molecule has 98 valence electrons. The van der Waals surface area contributed by atoms with E-state index in [1.165, 1.54) is 0 Å². The van der Waals surface area contributed by atoms with Gasteiger partial charge < -0.3 is 15.0 Å². The molecule has 0 radical (unpaired) electrons. The van der Waals surface area contributed by atoms with Crippen LogP contribution in [0.5, 0.6) is 5.75 Å². The predicted octanol–water partition coefficient (Wildman–Crippen LogP) is 1.80. The van der Waals surface area contributed by atoms with Crippen molar-refractivity contribution >= 4 is 11.6 Å². The number of hydrogen-bond acceptors (Lipinski definition) is 3. The number of benzene rings is 1. The maximum atomic E-state index is 12.3. The maximum Gasteiger partial charge on any atom is 0.243 e. The van der Waals surface area contributed by atoms with Crippen LogP contribution in [0.2, 0.25) is 0 Å². The Morgan fingerprint density at radius 3 is 2.94 bits per heavy atom. The molecule has 0 unspecified atom stereocenters. The van der Waals surface area contributed by atoms with Gasteiger partial charge in [-0.2, -0.15) is 0 Å². The van der Waals surface area contributed by atoms with Crippen molar-refractivity contribution in [2.24, 2.45) is 0 Å². The van der Waals surface area contributed by atoms with E-state index in [4.69, 9.17) is 4.74 Å². The Kier molecular flexibility index (Phi) is 4.20. The van der Waals surface area contributed by atoms with Crippen molar-refractivity contribution in [3.05, 3.63) is 24.3 Å². The van der Waals surface area contributed by atoms with Crippen molar-refractivity contribution in [2.75, 3.05) is 25.6 Å². The molecule has 1 amide bonds. The lowest BCUT2D eigenvalue weighted by Crippen LogP contribution is -2.47. The number of carbonyl (C=O) groups is 1. The van der Waals surface area contributed by atoms with Gasteiger partial charge in [-0.1, -0.05) is 12.5 Å². The molecule has 4 nitrogen and oxygen atoms in total. The van der Waals surface area contributed by atoms with Crippen molar-refractivity contribution < 1.29 is 9.53 Å². The highest BCUT2D eigenvalue weighted by atomic mass is 16.5. The molecule has 1 aliphatic heterocycles. The number of amides is 1. The highest BCUT2D eigenvalue weighted by Crippen LogP contribution is 2.21. The largest absolute Gasteiger partial charge is 0.497 e. The second-order valence-corrected chi connectivity index (χ2v) is 4.60. The lowest BCUT2D eigenvalue weighted by Gasteiger charge is -2.27. The Labute approximate surface area is 108 Å². The van der Waals surface area contributed by atoms with Crippen molar-refractivity contribution in [3.63, 3.8) is 0 Å². The zero-order valence-electron chi connectivity index (χ0n) is 11.0. The summed E-state index contributed by atoms with van der Waals surface area (Å²) >= 11 is 0. The van der Waals surface area contributed by atoms with Gasteiger partial charge in [-0.05, 0) is 31.5 Å². The number of ether oxygens (including phenoxy) is 1. The number of rotatable bonds is 3. The van der Waals surface area contributed by atoms with E-state index in [1.54, 1.807) is 12.0 Å². The normalized spacial score (nSPS) is 19.3. The smallest absolute Gasteiger partial charge is 0.243 e. The molecule has 0 aliphatic carbocycles. The number of piperidine rings is 1. The number of methoxy groups -OCH3 is 1. The molecule has 18 heavy (non-hydrogen) atoms. The second kappa shape index (κ2) is 5.87. The number of anilines is 1. The molecule has 1 aliphatic rings. The fourth-order valence-corrected chi connectivity index (χ4v) is 2.24. The van der Waals surface area contributed by atoms with Crippen LogP contribution in [0.1, 0.15) is 19.3 Å². The second-order valence-electron chi connectivity index (χ2n) is 4.60. The first kappa shape index (κ1) is 12.9. The zero-order chi connectivity index (χ0) is 13.0. The fourth-order valence-electron chi connectivity index (χ4n) is 2.24. The van der Waals surface area contributed by atoms with Gasteiger partial charge in [0.25, 0.3) is 0 Å². The fraction of sp³-hybridized carbons (Fsp3) is 0.500. The van der Waals surface area contributed by atoms with Crippen LogP contribution in [0.15, 0.2) is 24.3 Å². The van der Waals surface area contributed by atoms with Crippen LogP contribution >= 0.6 is 0 Å². The van der Waals surface area contributed by atoms with Crippen LogP contribution in [-0.2, 0) is 4.79 Å². The zero-order valence-corrected chi connectivity index (χ0v) is 11.0. The molecule has 1 aromatic carbocycles. The third-order valence-electron chi connectivity index (χ3n) is 3.38. The third kappa shape index (κ3) is 2.82. The lowest BCUT2D eigenvalue weighted by molar-refractivity contribution is -0.120. The average Bonchev–Trinajstić information content (AvgIpc) is 2.46. The molecule has 1 atom stereocenters. The summed E-state index contributed by atoms with van der Waals surface area (Å²) in [4.78, 5) is 14.0. The minimum Gasteiger partial charge on any atom is -0.497 e. The summed E-state index contributed by atoms with van der Waals surface area (Å²) in [5.41, 5.74) is 0.867. The molecular formula is C14H20N2O2. The summed E-state index contributed by atoms with van der Waals surface area (Å²) in [6.07, 6.45) is 3.20. The van der Waals surface area contributed by atoms with Crippen LogP contribution < -0.4 is 15.0 Å². The van der Waals surface area contributed by atoms with Crippen LogP contribution in [0.25, 0.3) is 0 Å². The van der Waals surface area contributed by atoms with E-state index in [9.17, 15) is 4.79 Å². The minimum atomic E-state index is -0.0463. The monoisotopic (exact) mass is 248 g/mol. The Bertz CT molecular complexity index is 414. The van der Waals surface area contributed by atoms with Gasteiger partial charge in [0.15, 0.2) is 0 Å². The van der Waals surface area contributed by atoms with E-state index in [0.717, 1.165) is 37.2 Å². The van der Waals surface area contributed by atoms with E-state index >= 15 is 0 Å². The SMILES string of the molecule is COc1cccc(N(C)C(=O)[C@@H]2CCCCN2)c1. The Morgan fingerprint density at radius 1 is 1.44 bits per heavy atom. The number of carbonyl (C=O) groups excluding carboxylic acids is 1. The van der Waals surface area contributed by atoms with Gasteiger partial charge in [0, 0.05) is 18.8 Å². The third-order valence-corrected chi connectivity index (χ3v) is 3.38. The van der Waals surface area contributed by atoms with Crippen LogP contribution in [0, 0.1) is 0 Å². The molecule has 1 aromatic rings. The number of nitrogens with zero attached hydrogens (tertiary/aromatic N) is 1. The first-order valence-electron chi connectivity index (χ1n) is 6.37. The standard InChI is InChI=1S/C14H20N2O2/c1-16(11-6-5-7-12(10-11)18-2)14(17)13-8-3-4-9-15-13/h5-7,10,13,15H,3-4,8-9H2,1-2H3/t13-/m0/s1. The molecule has 4 heteroatoms. The van der Waals surface area contributed by atoms with Crippen molar-refractivity contribution in [3.8, 4) is 5.75 Å². The van der Waals surface area contributed by atoms with Crippen molar-refractivity contribution in [1.82, 2.24) is 5.32 Å². The first-order valence-corrected chi connectivity index (χ1v) is 6.37. The molecule has 1 saturated heterocycles. The number of hydrogen-bond donors (Lipinski definition) is 1. The molecule has 1 fully saturated rings. The molecule has 0 saturated carbocycles. The van der Waals surface area contributed by atoms with Gasteiger partial charge in [-0.25, -0.2) is 0 Å². The number of likely N-dealkylation sites (N-methyl/N-ethyl adjacent to an activating group) is 1. The van der Waals surface area contributed by atoms with E-state index in [2.05, 4.69) is 5.32 Å². The van der Waals surface area contributed by atoms with Crippen LogP contribution in [0.3, 0.4) is 0 Å². The Morgan fingerprint density at radius 2 is 2.28 bits per heavy atom. The highest BCUT2D eigenvalue weighted by molar-refractivity contribution is 5.96. The Balaban J connectivity index is 2.09. The molecule has 2 rings (SSSR count).